The van der Waals surface area contributed by atoms with Gasteiger partial charge < -0.3 is 20.1 Å². The molecule has 8 rings (SSSR count). The number of aromatic hydroxyl groups is 1. The van der Waals surface area contributed by atoms with Crippen LogP contribution in [0.3, 0.4) is 0 Å². The van der Waals surface area contributed by atoms with E-state index in [9.17, 15) is 13.9 Å². The molecule has 0 saturated carbocycles. The maximum absolute atomic E-state index is 14.8. The molecule has 0 spiro atoms. The summed E-state index contributed by atoms with van der Waals surface area (Å²) in [4.78, 5) is 14.4. The Morgan fingerprint density at radius 2 is 2.00 bits per heavy atom. The predicted molar refractivity (Wildman–Crippen MR) is 161 cm³/mol. The fourth-order valence-electron chi connectivity index (χ4n) is 8.77. The predicted octanol–water partition coefficient (Wildman–Crippen LogP) is 4.97. The minimum atomic E-state index is -0.822. The van der Waals surface area contributed by atoms with Gasteiger partial charge in [0.25, 0.3) is 0 Å². The Morgan fingerprint density at radius 1 is 1.16 bits per heavy atom. The van der Waals surface area contributed by atoms with E-state index in [0.717, 1.165) is 50.0 Å². The van der Waals surface area contributed by atoms with Crippen LogP contribution in [0.1, 0.15) is 73.4 Å². The van der Waals surface area contributed by atoms with Gasteiger partial charge in [-0.05, 0) is 74.6 Å². The first-order valence-electron chi connectivity index (χ1n) is 15.7. The molecule has 0 amide bonds. The summed E-state index contributed by atoms with van der Waals surface area (Å²) in [6.45, 7) is 2.89. The number of nitrogens with one attached hydrogen (secondary N) is 1. The third-order valence-electron chi connectivity index (χ3n) is 10.7. The lowest BCUT2D eigenvalue weighted by Crippen LogP contribution is -2.43. The quantitative estimate of drug-likeness (QED) is 0.410. The maximum Gasteiger partial charge on any atom is 0.316 e. The zero-order valence-electron chi connectivity index (χ0n) is 24.3. The van der Waals surface area contributed by atoms with E-state index < -0.39 is 12.0 Å². The van der Waals surface area contributed by atoms with E-state index in [1.54, 1.807) is 18.2 Å². The Hall–Kier alpha value is -3.48. The minimum Gasteiger partial charge on any atom is -0.508 e. The van der Waals surface area contributed by atoms with Crippen LogP contribution < -0.4 is 15.0 Å². The fourth-order valence-corrected chi connectivity index (χ4v) is 8.77. The second kappa shape index (κ2) is 10.3. The molecule has 4 saturated heterocycles. The number of rotatable bonds is 5. The van der Waals surface area contributed by atoms with E-state index in [1.165, 1.54) is 24.5 Å². The summed E-state index contributed by atoms with van der Waals surface area (Å²) in [5.41, 5.74) is 3.75. The first kappa shape index (κ1) is 27.1. The molecule has 224 valence electrons. The van der Waals surface area contributed by atoms with Crippen LogP contribution in [-0.2, 0) is 13.0 Å². The van der Waals surface area contributed by atoms with E-state index in [0.29, 0.717) is 73.1 Å². The average molecular weight is 586 g/mol. The molecule has 3 aromatic rings. The van der Waals surface area contributed by atoms with Crippen molar-refractivity contribution in [2.75, 3.05) is 31.1 Å². The van der Waals surface area contributed by atoms with Crippen molar-refractivity contribution in [2.24, 2.45) is 0 Å². The molecule has 1 aromatic heterocycles. The molecule has 6 heterocycles. The van der Waals surface area contributed by atoms with Gasteiger partial charge in [-0.1, -0.05) is 12.0 Å². The highest BCUT2D eigenvalue weighted by Crippen LogP contribution is 2.43. The van der Waals surface area contributed by atoms with Gasteiger partial charge in [0.2, 0.25) is 0 Å². The summed E-state index contributed by atoms with van der Waals surface area (Å²) >= 11 is 0. The van der Waals surface area contributed by atoms with E-state index in [-0.39, 0.29) is 16.9 Å². The molecule has 5 aliphatic rings. The van der Waals surface area contributed by atoms with Crippen LogP contribution in [-0.4, -0.2) is 70.0 Å². The van der Waals surface area contributed by atoms with Crippen LogP contribution in [0.5, 0.6) is 11.8 Å². The van der Waals surface area contributed by atoms with Crippen LogP contribution in [0.25, 0.3) is 10.8 Å². The number of benzene rings is 2. The Bertz CT molecular complexity index is 1630. The summed E-state index contributed by atoms with van der Waals surface area (Å²) < 4.78 is 35.7. The SMILES string of the molecule is C#Cc1c(F)ccc2cc(O)cc(N3CCc4c(nc(OC[C@@]56CCCN5C[C@H](F)C6)nc4[C@H]4C[C@H]5CC[C@@H](C4)N5)C3)c12. The molecule has 5 atom stereocenters. The maximum atomic E-state index is 14.8. The number of piperidine rings is 1. The van der Waals surface area contributed by atoms with Crippen LogP contribution in [0.4, 0.5) is 14.5 Å². The fraction of sp³-hybridized carbons (Fsp3) is 0.529. The van der Waals surface area contributed by atoms with Gasteiger partial charge in [-0.25, -0.2) is 8.78 Å². The summed E-state index contributed by atoms with van der Waals surface area (Å²) in [6.07, 6.45) is 12.6. The van der Waals surface area contributed by atoms with Gasteiger partial charge in [0.1, 0.15) is 24.3 Å². The van der Waals surface area contributed by atoms with Crippen molar-refractivity contribution >= 4 is 16.5 Å². The number of halogens is 2. The van der Waals surface area contributed by atoms with Crippen molar-refractivity contribution in [3.8, 4) is 24.1 Å². The van der Waals surface area contributed by atoms with Crippen molar-refractivity contribution in [3.05, 3.63) is 52.6 Å². The summed E-state index contributed by atoms with van der Waals surface area (Å²) in [5.74, 6) is 2.50. The highest BCUT2D eigenvalue weighted by molar-refractivity contribution is 6.00. The van der Waals surface area contributed by atoms with Gasteiger partial charge in [0.15, 0.2) is 0 Å². The Kier molecular flexibility index (Phi) is 6.50. The van der Waals surface area contributed by atoms with Gasteiger partial charge in [-0.15, -0.1) is 6.42 Å². The molecule has 2 N–H and O–H groups in total. The van der Waals surface area contributed by atoms with Gasteiger partial charge >= 0.3 is 6.01 Å². The number of alkyl halides is 1. The third-order valence-corrected chi connectivity index (χ3v) is 10.7. The largest absolute Gasteiger partial charge is 0.508 e. The molecule has 9 heteroatoms. The Labute approximate surface area is 250 Å². The molecule has 0 radical (unpaired) electrons. The molecule has 0 unspecified atom stereocenters. The van der Waals surface area contributed by atoms with Gasteiger partial charge in [0.05, 0.1) is 29.0 Å². The van der Waals surface area contributed by atoms with Crippen LogP contribution in [0.15, 0.2) is 24.3 Å². The molecule has 2 aromatic carbocycles. The van der Waals surface area contributed by atoms with Crippen LogP contribution in [0, 0.1) is 18.2 Å². The number of hydrogen-bond acceptors (Lipinski definition) is 7. The molecular weight excluding hydrogens is 548 g/mol. The lowest BCUT2D eigenvalue weighted by molar-refractivity contribution is 0.106. The molecule has 0 aliphatic carbocycles. The molecule has 43 heavy (non-hydrogen) atoms. The number of phenolic OH excluding ortho intramolecular Hbond substituents is 1. The molecule has 4 fully saturated rings. The number of ether oxygens (including phenoxy) is 1. The smallest absolute Gasteiger partial charge is 0.316 e. The van der Waals surface area contributed by atoms with Crippen molar-refractivity contribution in [1.29, 1.82) is 0 Å². The number of aromatic nitrogens is 2. The van der Waals surface area contributed by atoms with Gasteiger partial charge in [0, 0.05) is 54.7 Å². The molecule has 2 bridgehead atoms. The highest BCUT2D eigenvalue weighted by atomic mass is 19.1. The minimum absolute atomic E-state index is 0.101. The first-order chi connectivity index (χ1) is 20.9. The van der Waals surface area contributed by atoms with E-state index in [2.05, 4.69) is 21.0 Å². The standard InChI is InChI=1S/C34H37F2N5O2/c1-2-26-28(36)7-4-20-14-25(42)15-30(31(20)26)40-11-8-27-29(18-40)38-33(39-32(27)21-12-23-5-6-24(13-21)37-23)43-19-34-9-3-10-41(34)17-22(35)16-34/h1,4,7,14-15,21-24,37,42H,3,5-6,8-13,16-19H2/t21-,22-,23+,24-,34+/m1/s1. The van der Waals surface area contributed by atoms with Crippen molar-refractivity contribution < 1.29 is 18.6 Å². The van der Waals surface area contributed by atoms with Crippen molar-refractivity contribution in [2.45, 2.75) is 87.6 Å². The highest BCUT2D eigenvalue weighted by Gasteiger charge is 2.49. The van der Waals surface area contributed by atoms with Crippen molar-refractivity contribution in [3.63, 3.8) is 0 Å². The number of fused-ring (bicyclic) bond motifs is 5. The van der Waals surface area contributed by atoms with E-state index >= 15 is 0 Å². The number of phenols is 1. The number of terminal acetylenes is 1. The topological polar surface area (TPSA) is 73.8 Å². The van der Waals surface area contributed by atoms with E-state index in [1.807, 2.05) is 0 Å². The molecule has 5 aliphatic heterocycles. The molecular formula is C34H37F2N5O2. The van der Waals surface area contributed by atoms with Crippen molar-refractivity contribution in [1.82, 2.24) is 20.2 Å². The Morgan fingerprint density at radius 3 is 2.81 bits per heavy atom. The van der Waals surface area contributed by atoms with E-state index in [4.69, 9.17) is 21.1 Å². The zero-order chi connectivity index (χ0) is 29.3. The normalized spacial score (nSPS) is 29.9. The lowest BCUT2D eigenvalue weighted by atomic mass is 9.85. The molecule has 7 nitrogen and oxygen atoms in total. The first-order valence-corrected chi connectivity index (χ1v) is 15.7. The Balaban J connectivity index is 1.17. The summed E-state index contributed by atoms with van der Waals surface area (Å²) in [5, 5.41) is 15.7. The third kappa shape index (κ3) is 4.61. The second-order valence-electron chi connectivity index (χ2n) is 13.3. The monoisotopic (exact) mass is 585 g/mol. The number of hydrogen-bond donors (Lipinski definition) is 2. The second-order valence-corrected chi connectivity index (χ2v) is 13.3. The summed E-state index contributed by atoms with van der Waals surface area (Å²) in [6, 6.07) is 7.68. The lowest BCUT2D eigenvalue weighted by Gasteiger charge is -2.35. The number of nitrogens with zero attached hydrogens (tertiary/aromatic N) is 4. The van der Waals surface area contributed by atoms with Crippen LogP contribution >= 0.6 is 0 Å². The average Bonchev–Trinajstić information content (AvgIpc) is 3.65. The number of anilines is 1. The zero-order valence-corrected chi connectivity index (χ0v) is 24.3. The summed E-state index contributed by atoms with van der Waals surface area (Å²) in [7, 11) is 0. The van der Waals surface area contributed by atoms with Crippen LogP contribution in [0.2, 0.25) is 0 Å². The van der Waals surface area contributed by atoms with Gasteiger partial charge in [-0.2, -0.15) is 9.97 Å². The van der Waals surface area contributed by atoms with Gasteiger partial charge in [-0.3, -0.25) is 4.90 Å².